The first-order chi connectivity index (χ1) is 15.6. The number of likely N-dealkylation sites (tertiary alicyclic amines) is 1. The van der Waals surface area contributed by atoms with Crippen molar-refractivity contribution in [2.24, 2.45) is 4.99 Å². The van der Waals surface area contributed by atoms with Gasteiger partial charge >= 0.3 is 0 Å². The van der Waals surface area contributed by atoms with Crippen molar-refractivity contribution in [3.8, 4) is 0 Å². The molecule has 2 fully saturated rings. The van der Waals surface area contributed by atoms with Crippen molar-refractivity contribution >= 4 is 35.8 Å². The van der Waals surface area contributed by atoms with Gasteiger partial charge < -0.3 is 20.3 Å². The number of carbonyl (C=O) groups is 1. The molecule has 2 aliphatic rings. The van der Waals surface area contributed by atoms with E-state index in [9.17, 15) is 4.79 Å². The van der Waals surface area contributed by atoms with Gasteiger partial charge in [0.15, 0.2) is 5.96 Å². The standard InChI is InChI=1S/C24H40N6O2.HI/c1-28(2)23(31)19-27-24(25-11-7-12-29-14-16-32-17-15-29)26-18-22-10-6-13-30(22)20-21-8-4-3-5-9-21;/h3-5,8-9,22H,6-7,10-20H2,1-2H3,(H2,25,26,27);1H. The number of rotatable bonds is 10. The number of nitrogens with zero attached hydrogens (tertiary/aromatic N) is 4. The summed E-state index contributed by atoms with van der Waals surface area (Å²) in [5.41, 5.74) is 1.35. The Labute approximate surface area is 216 Å². The molecule has 2 aliphatic heterocycles. The molecule has 1 amide bonds. The van der Waals surface area contributed by atoms with Gasteiger partial charge in [-0.15, -0.1) is 24.0 Å². The second-order valence-electron chi connectivity index (χ2n) is 8.82. The zero-order chi connectivity index (χ0) is 22.6. The number of aliphatic imine (C=N–C) groups is 1. The summed E-state index contributed by atoms with van der Waals surface area (Å²) < 4.78 is 5.42. The van der Waals surface area contributed by atoms with Crippen LogP contribution in [-0.2, 0) is 16.1 Å². The molecule has 2 N–H and O–H groups in total. The number of amides is 1. The van der Waals surface area contributed by atoms with Crippen molar-refractivity contribution in [2.45, 2.75) is 31.8 Å². The first-order valence-corrected chi connectivity index (χ1v) is 11.9. The van der Waals surface area contributed by atoms with Gasteiger partial charge in [-0.05, 0) is 37.9 Å². The zero-order valence-electron chi connectivity index (χ0n) is 20.2. The third-order valence-electron chi connectivity index (χ3n) is 6.15. The van der Waals surface area contributed by atoms with E-state index in [0.717, 1.165) is 71.4 Å². The number of nitrogens with one attached hydrogen (secondary N) is 2. The first-order valence-electron chi connectivity index (χ1n) is 11.9. The van der Waals surface area contributed by atoms with Gasteiger partial charge in [0, 0.05) is 52.9 Å². The predicted molar refractivity (Wildman–Crippen MR) is 144 cm³/mol. The van der Waals surface area contributed by atoms with Gasteiger partial charge in [-0.25, -0.2) is 4.99 Å². The van der Waals surface area contributed by atoms with E-state index in [1.165, 1.54) is 18.4 Å². The fourth-order valence-electron chi connectivity index (χ4n) is 4.16. The zero-order valence-corrected chi connectivity index (χ0v) is 22.5. The normalized spacial score (nSPS) is 19.7. The molecule has 2 saturated heterocycles. The number of carbonyl (C=O) groups excluding carboxylic acids is 1. The lowest BCUT2D eigenvalue weighted by atomic mass is 10.2. The minimum absolute atomic E-state index is 0. The average molecular weight is 573 g/mol. The molecule has 2 heterocycles. The highest BCUT2D eigenvalue weighted by Crippen LogP contribution is 2.19. The van der Waals surface area contributed by atoms with Crippen LogP contribution >= 0.6 is 24.0 Å². The summed E-state index contributed by atoms with van der Waals surface area (Å²) in [4.78, 5) is 23.1. The molecule has 33 heavy (non-hydrogen) atoms. The lowest BCUT2D eigenvalue weighted by Crippen LogP contribution is -2.46. The Hall–Kier alpha value is -1.43. The molecule has 0 aromatic heterocycles. The number of morpholine rings is 1. The molecule has 0 radical (unpaired) electrons. The molecule has 9 heteroatoms. The maximum atomic E-state index is 12.0. The summed E-state index contributed by atoms with van der Waals surface area (Å²) in [6, 6.07) is 11.1. The van der Waals surface area contributed by atoms with E-state index in [1.807, 2.05) is 0 Å². The lowest BCUT2D eigenvalue weighted by Gasteiger charge is -2.27. The Bertz CT molecular complexity index is 712. The van der Waals surface area contributed by atoms with Crippen LogP contribution in [0.5, 0.6) is 0 Å². The lowest BCUT2D eigenvalue weighted by molar-refractivity contribution is -0.127. The van der Waals surface area contributed by atoms with Gasteiger partial charge in [0.05, 0.1) is 13.2 Å². The molecule has 186 valence electrons. The molecule has 0 spiro atoms. The second-order valence-corrected chi connectivity index (χ2v) is 8.82. The van der Waals surface area contributed by atoms with Crippen LogP contribution in [0.3, 0.4) is 0 Å². The van der Waals surface area contributed by atoms with Crippen LogP contribution in [0.2, 0.25) is 0 Å². The van der Waals surface area contributed by atoms with Crippen molar-refractivity contribution in [1.82, 2.24) is 25.3 Å². The number of hydrogen-bond acceptors (Lipinski definition) is 5. The fourth-order valence-corrected chi connectivity index (χ4v) is 4.16. The molecule has 0 bridgehead atoms. The summed E-state index contributed by atoms with van der Waals surface area (Å²) in [7, 11) is 3.53. The van der Waals surface area contributed by atoms with Crippen LogP contribution in [-0.4, -0.2) is 106 Å². The molecule has 1 aromatic rings. The summed E-state index contributed by atoms with van der Waals surface area (Å²) >= 11 is 0. The molecule has 3 rings (SSSR count). The average Bonchev–Trinajstić information content (AvgIpc) is 3.25. The third kappa shape index (κ3) is 10.2. The van der Waals surface area contributed by atoms with Crippen molar-refractivity contribution in [1.29, 1.82) is 0 Å². The minimum Gasteiger partial charge on any atom is -0.379 e. The minimum atomic E-state index is 0. The number of likely N-dealkylation sites (N-methyl/N-ethyl adjacent to an activating group) is 1. The molecule has 1 aromatic carbocycles. The number of benzene rings is 1. The molecule has 1 atom stereocenters. The predicted octanol–water partition coefficient (Wildman–Crippen LogP) is 1.61. The van der Waals surface area contributed by atoms with Crippen molar-refractivity contribution in [3.05, 3.63) is 35.9 Å². The number of guanidine groups is 1. The number of hydrogen-bond donors (Lipinski definition) is 2. The Balaban J connectivity index is 0.00000385. The summed E-state index contributed by atoms with van der Waals surface area (Å²) in [6.45, 7) is 8.65. The highest BCUT2D eigenvalue weighted by molar-refractivity contribution is 14.0. The molecule has 1 unspecified atom stereocenters. The Morgan fingerprint density at radius 2 is 1.91 bits per heavy atom. The van der Waals surface area contributed by atoms with Crippen LogP contribution < -0.4 is 10.6 Å². The van der Waals surface area contributed by atoms with E-state index in [2.05, 4.69) is 55.8 Å². The molecule has 0 saturated carbocycles. The van der Waals surface area contributed by atoms with Crippen LogP contribution in [0.1, 0.15) is 24.8 Å². The van der Waals surface area contributed by atoms with Crippen molar-refractivity contribution in [2.75, 3.05) is 73.1 Å². The van der Waals surface area contributed by atoms with Gasteiger partial charge in [0.25, 0.3) is 0 Å². The smallest absolute Gasteiger partial charge is 0.243 e. The van der Waals surface area contributed by atoms with Gasteiger partial charge in [-0.2, -0.15) is 0 Å². The van der Waals surface area contributed by atoms with Gasteiger partial charge in [-0.1, -0.05) is 30.3 Å². The Morgan fingerprint density at radius 3 is 2.64 bits per heavy atom. The van der Waals surface area contributed by atoms with E-state index in [4.69, 9.17) is 4.74 Å². The first kappa shape index (κ1) is 27.8. The molecular formula is C24H41IN6O2. The maximum absolute atomic E-state index is 12.0. The number of ether oxygens (including phenoxy) is 1. The summed E-state index contributed by atoms with van der Waals surface area (Å²) in [5.74, 6) is 0.736. The number of halogens is 1. The topological polar surface area (TPSA) is 72.4 Å². The Morgan fingerprint density at radius 1 is 1.15 bits per heavy atom. The molecule has 8 nitrogen and oxygen atoms in total. The van der Waals surface area contributed by atoms with Crippen LogP contribution in [0, 0.1) is 0 Å². The second kappa shape index (κ2) is 15.5. The molecule has 0 aliphatic carbocycles. The summed E-state index contributed by atoms with van der Waals surface area (Å²) in [6.07, 6.45) is 3.43. The van der Waals surface area contributed by atoms with E-state index >= 15 is 0 Å². The van der Waals surface area contributed by atoms with E-state index < -0.39 is 0 Å². The van der Waals surface area contributed by atoms with E-state index in [1.54, 1.807) is 19.0 Å². The van der Waals surface area contributed by atoms with E-state index in [0.29, 0.717) is 6.04 Å². The third-order valence-corrected chi connectivity index (χ3v) is 6.15. The monoisotopic (exact) mass is 572 g/mol. The summed E-state index contributed by atoms with van der Waals surface area (Å²) in [5, 5.41) is 6.94. The van der Waals surface area contributed by atoms with Crippen LogP contribution in [0.4, 0.5) is 0 Å². The highest BCUT2D eigenvalue weighted by atomic mass is 127. The van der Waals surface area contributed by atoms with Gasteiger partial charge in [-0.3, -0.25) is 14.6 Å². The quantitative estimate of drug-likeness (QED) is 0.192. The Kier molecular flexibility index (Phi) is 13.0. The molecular weight excluding hydrogens is 531 g/mol. The van der Waals surface area contributed by atoms with Crippen molar-refractivity contribution in [3.63, 3.8) is 0 Å². The van der Waals surface area contributed by atoms with E-state index in [-0.39, 0.29) is 36.4 Å². The van der Waals surface area contributed by atoms with Crippen LogP contribution in [0.25, 0.3) is 0 Å². The van der Waals surface area contributed by atoms with Gasteiger partial charge in [0.2, 0.25) is 5.91 Å². The van der Waals surface area contributed by atoms with Gasteiger partial charge in [0.1, 0.15) is 6.54 Å². The highest BCUT2D eigenvalue weighted by Gasteiger charge is 2.24. The maximum Gasteiger partial charge on any atom is 0.243 e. The van der Waals surface area contributed by atoms with Crippen LogP contribution in [0.15, 0.2) is 35.3 Å². The largest absolute Gasteiger partial charge is 0.379 e. The SMILES string of the molecule is CN(C)C(=O)CN=C(NCCCN1CCOCC1)NCC1CCCN1Cc1ccccc1.I. The van der Waals surface area contributed by atoms with Crippen molar-refractivity contribution < 1.29 is 9.53 Å². The fraction of sp³-hybridized carbons (Fsp3) is 0.667.